The second-order valence-corrected chi connectivity index (χ2v) is 8.14. The molecule has 28 heavy (non-hydrogen) atoms. The molecule has 2 rings (SSSR count). The molecule has 0 heterocycles. The predicted octanol–water partition coefficient (Wildman–Crippen LogP) is 2.74. The third-order valence-electron chi connectivity index (χ3n) is 4.11. The summed E-state index contributed by atoms with van der Waals surface area (Å²) in [6.07, 6.45) is 1.07. The predicted molar refractivity (Wildman–Crippen MR) is 109 cm³/mol. The number of anilines is 1. The first-order valence-electron chi connectivity index (χ1n) is 8.89. The first-order chi connectivity index (χ1) is 13.3. The molecule has 2 aromatic rings. The van der Waals surface area contributed by atoms with E-state index in [1.807, 2.05) is 26.0 Å². The molecule has 0 aliphatic heterocycles. The molecule has 0 fully saturated rings. The van der Waals surface area contributed by atoms with Gasteiger partial charge < -0.3 is 14.8 Å². The first kappa shape index (κ1) is 21.6. The number of sulfonamides is 1. The third kappa shape index (κ3) is 5.63. The lowest BCUT2D eigenvalue weighted by Crippen LogP contribution is -2.41. The van der Waals surface area contributed by atoms with E-state index in [2.05, 4.69) is 5.32 Å². The molecule has 0 bridgehead atoms. The van der Waals surface area contributed by atoms with Gasteiger partial charge in [-0.2, -0.15) is 0 Å². The minimum Gasteiger partial charge on any atom is -0.497 e. The van der Waals surface area contributed by atoms with Gasteiger partial charge in [-0.15, -0.1) is 0 Å². The number of nitrogens with one attached hydrogen (secondary N) is 1. The van der Waals surface area contributed by atoms with Crippen LogP contribution in [0.5, 0.6) is 11.5 Å². The fraction of sp³-hybridized carbons (Fsp3) is 0.350. The Morgan fingerprint density at radius 2 is 1.79 bits per heavy atom. The van der Waals surface area contributed by atoms with Crippen LogP contribution in [-0.4, -0.2) is 40.8 Å². The molecule has 1 amide bonds. The van der Waals surface area contributed by atoms with Crippen molar-refractivity contribution in [2.24, 2.45) is 0 Å². The average Bonchev–Trinajstić information content (AvgIpc) is 2.66. The molecule has 0 aliphatic carbocycles. The summed E-state index contributed by atoms with van der Waals surface area (Å²) in [4.78, 5) is 12.6. The Kier molecular flexibility index (Phi) is 7.28. The van der Waals surface area contributed by atoms with Crippen molar-refractivity contribution in [1.29, 1.82) is 0 Å². The minimum absolute atomic E-state index is 0.290. The zero-order valence-corrected chi connectivity index (χ0v) is 17.3. The average molecular weight is 407 g/mol. The molecule has 1 N–H and O–H groups in total. The van der Waals surface area contributed by atoms with Gasteiger partial charge in [0.15, 0.2) is 0 Å². The van der Waals surface area contributed by atoms with Gasteiger partial charge >= 0.3 is 0 Å². The summed E-state index contributed by atoms with van der Waals surface area (Å²) in [5, 5.41) is 2.83. The van der Waals surface area contributed by atoms with Crippen LogP contribution < -0.4 is 19.1 Å². The van der Waals surface area contributed by atoms with E-state index < -0.39 is 15.9 Å². The van der Waals surface area contributed by atoms with Crippen molar-refractivity contribution >= 4 is 21.6 Å². The van der Waals surface area contributed by atoms with Crippen molar-refractivity contribution in [2.75, 3.05) is 30.8 Å². The number of hydrogen-bond acceptors (Lipinski definition) is 5. The lowest BCUT2D eigenvalue weighted by molar-refractivity contribution is -0.120. The summed E-state index contributed by atoms with van der Waals surface area (Å²) in [6, 6.07) is 13.8. The fourth-order valence-electron chi connectivity index (χ4n) is 2.72. The van der Waals surface area contributed by atoms with Crippen LogP contribution >= 0.6 is 0 Å². The van der Waals surface area contributed by atoms with Crippen LogP contribution in [0.4, 0.5) is 5.69 Å². The van der Waals surface area contributed by atoms with Gasteiger partial charge in [0.1, 0.15) is 18.0 Å². The zero-order chi connectivity index (χ0) is 20.7. The molecule has 0 spiro atoms. The van der Waals surface area contributed by atoms with Gasteiger partial charge in [-0.3, -0.25) is 9.10 Å². The van der Waals surface area contributed by atoms with Crippen LogP contribution in [-0.2, 0) is 14.8 Å². The van der Waals surface area contributed by atoms with Gasteiger partial charge in [0.2, 0.25) is 15.9 Å². The molecule has 0 unspecified atom stereocenters. The maximum atomic E-state index is 12.6. The Hall–Kier alpha value is -2.74. The summed E-state index contributed by atoms with van der Waals surface area (Å²) in [7, 11) is -2.10. The maximum Gasteiger partial charge on any atom is 0.241 e. The van der Waals surface area contributed by atoms with E-state index in [4.69, 9.17) is 9.47 Å². The van der Waals surface area contributed by atoms with Gasteiger partial charge in [-0.1, -0.05) is 24.3 Å². The SMILES string of the molecule is CCOc1ccccc1N(CC(=O)N[C@@H](C)c1ccc(OC)cc1)S(C)(=O)=O. The number of amides is 1. The van der Waals surface area contributed by atoms with Gasteiger partial charge in [-0.25, -0.2) is 8.42 Å². The van der Waals surface area contributed by atoms with Crippen LogP contribution in [0.2, 0.25) is 0 Å². The number of rotatable bonds is 9. The number of methoxy groups -OCH3 is 1. The Labute approximate surface area is 166 Å². The Balaban J connectivity index is 2.17. The number of carbonyl (C=O) groups excluding carboxylic acids is 1. The highest BCUT2D eigenvalue weighted by Crippen LogP contribution is 2.29. The molecule has 0 aromatic heterocycles. The molecule has 1 atom stereocenters. The van der Waals surface area contributed by atoms with E-state index in [1.165, 1.54) is 0 Å². The normalized spacial score (nSPS) is 12.1. The van der Waals surface area contributed by atoms with E-state index in [-0.39, 0.29) is 12.6 Å². The summed E-state index contributed by atoms with van der Waals surface area (Å²) in [5.74, 6) is 0.713. The van der Waals surface area contributed by atoms with Crippen molar-refractivity contribution < 1.29 is 22.7 Å². The van der Waals surface area contributed by atoms with Crippen LogP contribution in [0.3, 0.4) is 0 Å². The van der Waals surface area contributed by atoms with Crippen LogP contribution in [0.1, 0.15) is 25.5 Å². The molecule has 152 valence electrons. The van der Waals surface area contributed by atoms with Gasteiger partial charge in [-0.05, 0) is 43.7 Å². The van der Waals surface area contributed by atoms with Crippen LogP contribution in [0, 0.1) is 0 Å². The lowest BCUT2D eigenvalue weighted by atomic mass is 10.1. The number of para-hydroxylation sites is 2. The molecule has 0 saturated carbocycles. The molecule has 8 heteroatoms. The highest BCUT2D eigenvalue weighted by Gasteiger charge is 2.24. The van der Waals surface area contributed by atoms with Gasteiger partial charge in [0, 0.05) is 0 Å². The van der Waals surface area contributed by atoms with Gasteiger partial charge in [0.05, 0.1) is 31.7 Å². The zero-order valence-electron chi connectivity index (χ0n) is 16.5. The van der Waals surface area contributed by atoms with Crippen molar-refractivity contribution in [2.45, 2.75) is 19.9 Å². The number of ether oxygens (including phenoxy) is 2. The van der Waals surface area contributed by atoms with Crippen molar-refractivity contribution in [3.05, 3.63) is 54.1 Å². The highest BCUT2D eigenvalue weighted by molar-refractivity contribution is 7.92. The van der Waals surface area contributed by atoms with Crippen molar-refractivity contribution in [1.82, 2.24) is 5.32 Å². The van der Waals surface area contributed by atoms with E-state index in [1.54, 1.807) is 43.5 Å². The largest absolute Gasteiger partial charge is 0.497 e. The molecule has 0 aliphatic rings. The monoisotopic (exact) mass is 406 g/mol. The van der Waals surface area contributed by atoms with E-state index in [0.717, 1.165) is 21.9 Å². The molecule has 2 aromatic carbocycles. The fourth-order valence-corrected chi connectivity index (χ4v) is 3.58. The van der Waals surface area contributed by atoms with E-state index in [9.17, 15) is 13.2 Å². The molecule has 0 radical (unpaired) electrons. The number of hydrogen-bond donors (Lipinski definition) is 1. The quantitative estimate of drug-likeness (QED) is 0.692. The summed E-state index contributed by atoms with van der Waals surface area (Å²) in [6.45, 7) is 3.68. The molecule has 7 nitrogen and oxygen atoms in total. The highest BCUT2D eigenvalue weighted by atomic mass is 32.2. The smallest absolute Gasteiger partial charge is 0.241 e. The van der Waals surface area contributed by atoms with Gasteiger partial charge in [0.25, 0.3) is 0 Å². The standard InChI is InChI=1S/C20H26N2O5S/c1-5-27-19-9-7-6-8-18(19)22(28(4,24)25)14-20(23)21-15(2)16-10-12-17(26-3)13-11-16/h6-13,15H,5,14H2,1-4H3,(H,21,23)/t15-/m0/s1. The van der Waals surface area contributed by atoms with E-state index in [0.29, 0.717) is 18.0 Å². The van der Waals surface area contributed by atoms with Crippen LogP contribution in [0.15, 0.2) is 48.5 Å². The Bertz CT molecular complexity index is 897. The van der Waals surface area contributed by atoms with E-state index >= 15 is 0 Å². The number of benzene rings is 2. The summed E-state index contributed by atoms with van der Waals surface area (Å²) in [5.41, 5.74) is 1.22. The number of carbonyl (C=O) groups is 1. The topological polar surface area (TPSA) is 84.9 Å². The lowest BCUT2D eigenvalue weighted by Gasteiger charge is -2.25. The third-order valence-corrected chi connectivity index (χ3v) is 5.24. The molecular formula is C20H26N2O5S. The molecule has 0 saturated heterocycles. The second-order valence-electron chi connectivity index (χ2n) is 6.23. The maximum absolute atomic E-state index is 12.6. The Morgan fingerprint density at radius 1 is 1.14 bits per heavy atom. The van der Waals surface area contributed by atoms with Crippen molar-refractivity contribution in [3.8, 4) is 11.5 Å². The minimum atomic E-state index is -3.69. The second kappa shape index (κ2) is 9.45. The molecular weight excluding hydrogens is 380 g/mol. The first-order valence-corrected chi connectivity index (χ1v) is 10.7. The number of nitrogens with zero attached hydrogens (tertiary/aromatic N) is 1. The van der Waals surface area contributed by atoms with Crippen molar-refractivity contribution in [3.63, 3.8) is 0 Å². The summed E-state index contributed by atoms with van der Waals surface area (Å²) >= 11 is 0. The summed E-state index contributed by atoms with van der Waals surface area (Å²) < 4.78 is 36.3. The van der Waals surface area contributed by atoms with Crippen LogP contribution in [0.25, 0.3) is 0 Å². The Morgan fingerprint density at radius 3 is 2.36 bits per heavy atom.